The van der Waals surface area contributed by atoms with E-state index in [1.807, 2.05) is 0 Å². The number of morpholine rings is 1. The van der Waals surface area contributed by atoms with Gasteiger partial charge in [-0.25, -0.2) is 8.42 Å². The van der Waals surface area contributed by atoms with Crippen LogP contribution in [-0.4, -0.2) is 40.0 Å². The van der Waals surface area contributed by atoms with Crippen molar-refractivity contribution >= 4 is 10.7 Å². The number of hydrogen-bond acceptors (Lipinski definition) is 4. The Morgan fingerprint density at radius 3 is 2.92 bits per heavy atom. The molecule has 1 heterocycles. The van der Waals surface area contributed by atoms with Gasteiger partial charge in [0.25, 0.3) is 0 Å². The molecule has 1 fully saturated rings. The second-order valence-electron chi connectivity index (χ2n) is 2.90. The summed E-state index contributed by atoms with van der Waals surface area (Å²) in [5.74, 6) is 0.287. The van der Waals surface area contributed by atoms with E-state index in [1.165, 1.54) is 0 Å². The van der Waals surface area contributed by atoms with Gasteiger partial charge in [0.1, 0.15) is 10.7 Å². The van der Waals surface area contributed by atoms with Crippen LogP contribution in [0.2, 0.25) is 0 Å². The highest BCUT2D eigenvalue weighted by molar-refractivity contribution is 7.72. The van der Waals surface area contributed by atoms with E-state index in [4.69, 9.17) is 4.74 Å². The van der Waals surface area contributed by atoms with E-state index in [-0.39, 0.29) is 11.9 Å². The summed E-state index contributed by atoms with van der Waals surface area (Å²) in [5, 5.41) is 3.20. The highest BCUT2D eigenvalue weighted by atomic mass is 32.2. The molecule has 12 heavy (non-hydrogen) atoms. The van der Waals surface area contributed by atoms with Crippen molar-refractivity contribution in [3.05, 3.63) is 0 Å². The van der Waals surface area contributed by atoms with Crippen LogP contribution in [0.15, 0.2) is 0 Å². The minimum Gasteiger partial charge on any atom is -0.376 e. The highest BCUT2D eigenvalue weighted by Crippen LogP contribution is 2.04. The Morgan fingerprint density at radius 2 is 2.33 bits per heavy atom. The van der Waals surface area contributed by atoms with Crippen molar-refractivity contribution in [2.24, 2.45) is 0 Å². The lowest BCUT2D eigenvalue weighted by Crippen LogP contribution is -2.38. The van der Waals surface area contributed by atoms with Gasteiger partial charge in [-0.2, -0.15) is 0 Å². The lowest BCUT2D eigenvalue weighted by molar-refractivity contribution is 0.0234. The summed E-state index contributed by atoms with van der Waals surface area (Å²) in [6, 6.07) is 0. The number of nitrogens with one attached hydrogen (secondary N) is 1. The van der Waals surface area contributed by atoms with E-state index in [2.05, 4.69) is 5.32 Å². The fraction of sp³-hybridized carbons (Fsp3) is 1.00. The molecular weight excluding hydrogens is 178 g/mol. The third-order valence-corrected chi connectivity index (χ3v) is 2.55. The second kappa shape index (κ2) is 5.50. The molecule has 0 aliphatic carbocycles. The molecule has 0 radical (unpaired) electrons. The Bertz CT molecular complexity index is 179. The largest absolute Gasteiger partial charge is 0.376 e. The molecule has 1 rings (SSSR count). The van der Waals surface area contributed by atoms with E-state index in [9.17, 15) is 8.42 Å². The Morgan fingerprint density at radius 1 is 1.50 bits per heavy atom. The average molecular weight is 193 g/mol. The number of rotatable bonds is 4. The van der Waals surface area contributed by atoms with Crippen molar-refractivity contribution in [2.45, 2.75) is 18.9 Å². The average Bonchev–Trinajstić information content (AvgIpc) is 2.05. The van der Waals surface area contributed by atoms with Crippen LogP contribution >= 0.6 is 0 Å². The summed E-state index contributed by atoms with van der Waals surface area (Å²) in [6.45, 7) is 2.51. The normalized spacial score (nSPS) is 24.6. The van der Waals surface area contributed by atoms with Gasteiger partial charge in [0.15, 0.2) is 0 Å². The maximum Gasteiger partial charge on any atom is 0.140 e. The van der Waals surface area contributed by atoms with Crippen LogP contribution in [-0.2, 0) is 15.4 Å². The molecule has 1 atom stereocenters. The molecule has 1 unspecified atom stereocenters. The standard InChI is InChI=1S/C7H15NO3S/c9-12(10)5-1-2-7-6-8-3-4-11-7/h7-8,12H,1-6H2. The van der Waals surface area contributed by atoms with Crippen molar-refractivity contribution in [2.75, 3.05) is 25.4 Å². The van der Waals surface area contributed by atoms with E-state index >= 15 is 0 Å². The van der Waals surface area contributed by atoms with Crippen LogP contribution in [0.4, 0.5) is 0 Å². The molecule has 0 aromatic rings. The van der Waals surface area contributed by atoms with Crippen LogP contribution < -0.4 is 5.32 Å². The van der Waals surface area contributed by atoms with Gasteiger partial charge >= 0.3 is 0 Å². The summed E-state index contributed by atoms with van der Waals surface area (Å²) in [4.78, 5) is 0. The van der Waals surface area contributed by atoms with E-state index in [0.29, 0.717) is 6.42 Å². The highest BCUT2D eigenvalue weighted by Gasteiger charge is 2.12. The molecule has 0 bridgehead atoms. The second-order valence-corrected chi connectivity index (χ2v) is 4.01. The first-order valence-corrected chi connectivity index (χ1v) is 5.59. The van der Waals surface area contributed by atoms with Crippen molar-refractivity contribution in [3.8, 4) is 0 Å². The molecule has 0 spiro atoms. The number of ether oxygens (including phenoxy) is 1. The van der Waals surface area contributed by atoms with E-state index in [0.717, 1.165) is 26.1 Å². The van der Waals surface area contributed by atoms with Gasteiger partial charge in [0.05, 0.1) is 12.7 Å². The van der Waals surface area contributed by atoms with Crippen molar-refractivity contribution in [3.63, 3.8) is 0 Å². The monoisotopic (exact) mass is 193 g/mol. The van der Waals surface area contributed by atoms with Gasteiger partial charge in [0.2, 0.25) is 0 Å². The first-order valence-electron chi connectivity index (χ1n) is 4.23. The topological polar surface area (TPSA) is 55.4 Å². The molecule has 1 saturated heterocycles. The summed E-state index contributed by atoms with van der Waals surface area (Å²) in [5.41, 5.74) is 0. The minimum atomic E-state index is -2.20. The van der Waals surface area contributed by atoms with E-state index in [1.54, 1.807) is 0 Å². The molecule has 72 valence electrons. The molecule has 0 aromatic heterocycles. The zero-order chi connectivity index (χ0) is 8.81. The first kappa shape index (κ1) is 9.95. The van der Waals surface area contributed by atoms with Gasteiger partial charge in [-0.05, 0) is 12.8 Å². The predicted molar refractivity (Wildman–Crippen MR) is 47.0 cm³/mol. The van der Waals surface area contributed by atoms with Gasteiger partial charge < -0.3 is 10.1 Å². The fourth-order valence-electron chi connectivity index (χ4n) is 1.25. The minimum absolute atomic E-state index is 0.216. The third kappa shape index (κ3) is 4.04. The molecule has 0 saturated carbocycles. The van der Waals surface area contributed by atoms with Gasteiger partial charge in [-0.15, -0.1) is 0 Å². The SMILES string of the molecule is O=[SH](=O)CCCC1CNCCO1. The predicted octanol–water partition coefficient (Wildman–Crippen LogP) is -0.634. The first-order chi connectivity index (χ1) is 5.79. The molecule has 1 aliphatic rings. The lowest BCUT2D eigenvalue weighted by Gasteiger charge is -2.23. The lowest BCUT2D eigenvalue weighted by atomic mass is 10.2. The Kier molecular flexibility index (Phi) is 4.57. The maximum atomic E-state index is 10.2. The van der Waals surface area contributed by atoms with Crippen molar-refractivity contribution < 1.29 is 13.2 Å². The Hall–Kier alpha value is -0.130. The fourth-order valence-corrected chi connectivity index (χ4v) is 1.69. The van der Waals surface area contributed by atoms with Gasteiger partial charge in [0, 0.05) is 18.8 Å². The van der Waals surface area contributed by atoms with Gasteiger partial charge in [-0.1, -0.05) is 0 Å². The summed E-state index contributed by atoms with van der Waals surface area (Å²) in [6.07, 6.45) is 1.77. The maximum absolute atomic E-state index is 10.2. The van der Waals surface area contributed by atoms with Crippen LogP contribution in [0.25, 0.3) is 0 Å². The molecule has 1 aliphatic heterocycles. The smallest absolute Gasteiger partial charge is 0.140 e. The van der Waals surface area contributed by atoms with Crippen molar-refractivity contribution in [1.82, 2.24) is 5.32 Å². The van der Waals surface area contributed by atoms with E-state index < -0.39 is 10.7 Å². The van der Waals surface area contributed by atoms with Crippen LogP contribution in [0, 0.1) is 0 Å². The van der Waals surface area contributed by atoms with Crippen LogP contribution in [0.1, 0.15) is 12.8 Å². The molecular formula is C7H15NO3S. The zero-order valence-corrected chi connectivity index (χ0v) is 7.89. The number of hydrogen-bond donors (Lipinski definition) is 2. The Balaban J connectivity index is 2.05. The van der Waals surface area contributed by atoms with Crippen LogP contribution in [0.5, 0.6) is 0 Å². The molecule has 0 aromatic carbocycles. The third-order valence-electron chi connectivity index (χ3n) is 1.87. The number of thiol groups is 1. The summed E-state index contributed by atoms with van der Waals surface area (Å²) < 4.78 is 25.8. The van der Waals surface area contributed by atoms with Crippen LogP contribution in [0.3, 0.4) is 0 Å². The quantitative estimate of drug-likeness (QED) is 0.584. The summed E-state index contributed by atoms with van der Waals surface area (Å²) >= 11 is 0. The zero-order valence-electron chi connectivity index (χ0n) is 6.99. The molecule has 5 heteroatoms. The van der Waals surface area contributed by atoms with Crippen molar-refractivity contribution in [1.29, 1.82) is 0 Å². The Labute approximate surface area is 74.2 Å². The molecule has 0 amide bonds. The summed E-state index contributed by atoms with van der Waals surface area (Å²) in [7, 11) is -2.20. The van der Waals surface area contributed by atoms with Gasteiger partial charge in [-0.3, -0.25) is 0 Å². The molecule has 4 nitrogen and oxygen atoms in total. The molecule has 1 N–H and O–H groups in total.